The van der Waals surface area contributed by atoms with Gasteiger partial charge in [0.05, 0.1) is 29.3 Å². The highest BCUT2D eigenvalue weighted by molar-refractivity contribution is 6.04. The van der Waals surface area contributed by atoms with Crippen molar-refractivity contribution >= 4 is 17.7 Å². The zero-order chi connectivity index (χ0) is 18.1. The second kappa shape index (κ2) is 5.09. The molecule has 6 heteroatoms. The normalized spacial score (nSPS) is 41.5. The summed E-state index contributed by atoms with van der Waals surface area (Å²) in [6.45, 7) is 1.92. The smallest absolute Gasteiger partial charge is 0.317 e. The van der Waals surface area contributed by atoms with Gasteiger partial charge in [0.25, 0.3) is 0 Å². The van der Waals surface area contributed by atoms with Gasteiger partial charge in [-0.25, -0.2) is 0 Å². The molecule has 2 spiro atoms. The maximum Gasteiger partial charge on any atom is 0.317 e. The van der Waals surface area contributed by atoms with E-state index in [1.807, 2.05) is 6.92 Å². The van der Waals surface area contributed by atoms with Crippen molar-refractivity contribution in [3.63, 3.8) is 0 Å². The van der Waals surface area contributed by atoms with Crippen LogP contribution in [0, 0.1) is 22.7 Å². The molecule has 3 fully saturated rings. The predicted molar refractivity (Wildman–Crippen MR) is 87.6 cm³/mol. The van der Waals surface area contributed by atoms with E-state index in [-0.39, 0.29) is 30.2 Å². The maximum absolute atomic E-state index is 13.2. The Labute approximate surface area is 150 Å². The minimum absolute atomic E-state index is 0.0688. The molecule has 0 aromatic carbocycles. The van der Waals surface area contributed by atoms with Crippen LogP contribution < -0.4 is 0 Å². The summed E-state index contributed by atoms with van der Waals surface area (Å²) in [5.41, 5.74) is -0.226. The van der Waals surface area contributed by atoms with Crippen molar-refractivity contribution in [2.75, 3.05) is 6.61 Å². The van der Waals surface area contributed by atoms with Gasteiger partial charge in [-0.05, 0) is 37.8 Å². The highest BCUT2D eigenvalue weighted by atomic mass is 16.6. The monoisotopic (exact) mass is 356 g/mol. The summed E-state index contributed by atoms with van der Waals surface area (Å²) in [4.78, 5) is 38.5. The van der Waals surface area contributed by atoms with Crippen molar-refractivity contribution in [3.8, 4) is 0 Å². The van der Waals surface area contributed by atoms with Crippen LogP contribution in [0.15, 0.2) is 34.7 Å². The Bertz CT molecular complexity index is 836. The predicted octanol–water partition coefficient (Wildman–Crippen LogP) is 2.74. The number of carbonyl (C=O) groups excluding carboxylic acids is 3. The van der Waals surface area contributed by atoms with E-state index in [9.17, 15) is 14.4 Å². The summed E-state index contributed by atoms with van der Waals surface area (Å²) in [6, 6.07) is 1.80. The first-order chi connectivity index (χ1) is 12.5. The highest BCUT2D eigenvalue weighted by Gasteiger charge is 2.71. The summed E-state index contributed by atoms with van der Waals surface area (Å²) in [6.07, 6.45) is 6.95. The van der Waals surface area contributed by atoms with E-state index in [0.29, 0.717) is 12.8 Å². The first kappa shape index (κ1) is 15.9. The number of hydrogen-bond donors (Lipinski definition) is 0. The van der Waals surface area contributed by atoms with Crippen LogP contribution in [-0.2, 0) is 23.9 Å². The van der Waals surface area contributed by atoms with Gasteiger partial charge >= 0.3 is 11.9 Å². The molecule has 0 unspecified atom stereocenters. The molecule has 2 aliphatic carbocycles. The molecule has 26 heavy (non-hydrogen) atoms. The number of hydrogen-bond acceptors (Lipinski definition) is 6. The van der Waals surface area contributed by atoms with Gasteiger partial charge in [-0.2, -0.15) is 0 Å². The van der Waals surface area contributed by atoms with Crippen LogP contribution >= 0.6 is 0 Å². The van der Waals surface area contributed by atoms with Gasteiger partial charge in [0.2, 0.25) is 0 Å². The molecule has 0 N–H and O–H groups in total. The molecule has 5 rings (SSSR count). The third-order valence-corrected chi connectivity index (χ3v) is 7.11. The number of allylic oxidation sites excluding steroid dienone is 1. The van der Waals surface area contributed by atoms with Gasteiger partial charge in [-0.15, -0.1) is 0 Å². The van der Waals surface area contributed by atoms with Crippen LogP contribution in [0.5, 0.6) is 0 Å². The summed E-state index contributed by atoms with van der Waals surface area (Å²) in [5.74, 6) is -1.38. The molecule has 136 valence electrons. The molecule has 0 radical (unpaired) electrons. The zero-order valence-corrected chi connectivity index (χ0v) is 14.5. The van der Waals surface area contributed by atoms with Gasteiger partial charge in [-0.3, -0.25) is 14.4 Å². The van der Waals surface area contributed by atoms with E-state index in [0.717, 1.165) is 24.0 Å². The summed E-state index contributed by atoms with van der Waals surface area (Å²) < 4.78 is 16.2. The molecule has 1 saturated carbocycles. The lowest BCUT2D eigenvalue weighted by molar-refractivity contribution is -0.158. The van der Waals surface area contributed by atoms with Gasteiger partial charge in [-0.1, -0.05) is 12.0 Å². The average molecular weight is 356 g/mol. The van der Waals surface area contributed by atoms with Gasteiger partial charge in [0.15, 0.2) is 5.78 Å². The molecule has 4 aliphatic rings. The van der Waals surface area contributed by atoms with E-state index in [2.05, 4.69) is 0 Å². The van der Waals surface area contributed by atoms with Crippen LogP contribution in [0.2, 0.25) is 0 Å². The molecule has 3 heterocycles. The van der Waals surface area contributed by atoms with Crippen LogP contribution in [0.4, 0.5) is 0 Å². The molecule has 1 aromatic heterocycles. The Balaban J connectivity index is 1.65. The van der Waals surface area contributed by atoms with Crippen molar-refractivity contribution in [2.24, 2.45) is 22.7 Å². The molecule has 0 bridgehead atoms. The molecular formula is C20H20O6. The third-order valence-electron chi connectivity index (χ3n) is 7.11. The Morgan fingerprint density at radius 1 is 1.19 bits per heavy atom. The number of fused-ring (bicyclic) bond motifs is 1. The number of carbonyl (C=O) groups is 3. The highest BCUT2D eigenvalue weighted by Crippen LogP contribution is 2.65. The SMILES string of the molecule is CC1=CC(=O)[C@@]23COC(=O)[C@@H]2CCC[C@@H]3[C@]12C[C@H](c1ccoc1)OC2=O. The number of cyclic esters (lactones) is 2. The van der Waals surface area contributed by atoms with Crippen molar-refractivity contribution in [3.05, 3.63) is 35.8 Å². The van der Waals surface area contributed by atoms with E-state index in [1.165, 1.54) is 0 Å². The van der Waals surface area contributed by atoms with Gasteiger partial charge in [0, 0.05) is 12.0 Å². The minimum atomic E-state index is -0.918. The summed E-state index contributed by atoms with van der Waals surface area (Å²) >= 11 is 0. The van der Waals surface area contributed by atoms with Crippen LogP contribution in [-0.4, -0.2) is 24.3 Å². The third kappa shape index (κ3) is 1.70. The molecule has 2 aliphatic heterocycles. The topological polar surface area (TPSA) is 82.8 Å². The molecule has 1 aromatic rings. The Hall–Kier alpha value is -2.37. The van der Waals surface area contributed by atoms with E-state index in [1.54, 1.807) is 24.7 Å². The standard InChI is InChI=1S/C20H20O6/c1-11-7-16(21)20-10-25-17(22)13(20)3-2-4-15(20)19(11)8-14(26-18(19)23)12-5-6-24-9-12/h5-7,9,13-15H,2-4,8,10H2,1H3/t13-,14+,15+,19-,20-/m0/s1. The van der Waals surface area contributed by atoms with Gasteiger partial charge in [0.1, 0.15) is 12.7 Å². The largest absolute Gasteiger partial charge is 0.472 e. The van der Waals surface area contributed by atoms with Crippen molar-refractivity contribution in [1.29, 1.82) is 0 Å². The number of rotatable bonds is 1. The van der Waals surface area contributed by atoms with Crippen LogP contribution in [0.25, 0.3) is 0 Å². The number of ketones is 1. The molecular weight excluding hydrogens is 336 g/mol. The fourth-order valence-electron chi connectivity index (χ4n) is 5.84. The number of esters is 2. The fourth-order valence-corrected chi connectivity index (χ4v) is 5.84. The Morgan fingerprint density at radius 3 is 2.81 bits per heavy atom. The first-order valence-corrected chi connectivity index (χ1v) is 9.13. The average Bonchev–Trinajstić information content (AvgIpc) is 3.33. The minimum Gasteiger partial charge on any atom is -0.472 e. The second-order valence-electron chi connectivity index (χ2n) is 8.00. The first-order valence-electron chi connectivity index (χ1n) is 9.13. The van der Waals surface area contributed by atoms with Crippen LogP contribution in [0.3, 0.4) is 0 Å². The maximum atomic E-state index is 13.2. The number of ether oxygens (including phenoxy) is 2. The second-order valence-corrected chi connectivity index (χ2v) is 8.00. The Morgan fingerprint density at radius 2 is 2.04 bits per heavy atom. The lowest BCUT2D eigenvalue weighted by Gasteiger charge is -2.51. The van der Waals surface area contributed by atoms with E-state index in [4.69, 9.17) is 13.9 Å². The fraction of sp³-hybridized carbons (Fsp3) is 0.550. The van der Waals surface area contributed by atoms with Crippen molar-refractivity contribution in [1.82, 2.24) is 0 Å². The Kier molecular flexibility index (Phi) is 3.10. The van der Waals surface area contributed by atoms with E-state index >= 15 is 0 Å². The molecule has 2 saturated heterocycles. The summed E-state index contributed by atoms with van der Waals surface area (Å²) in [7, 11) is 0. The van der Waals surface area contributed by atoms with E-state index < -0.39 is 22.9 Å². The lowest BCUT2D eigenvalue weighted by atomic mass is 9.47. The molecule has 0 amide bonds. The van der Waals surface area contributed by atoms with Crippen molar-refractivity contribution < 1.29 is 28.3 Å². The quantitative estimate of drug-likeness (QED) is 0.720. The van der Waals surface area contributed by atoms with Crippen molar-refractivity contribution in [2.45, 2.75) is 38.7 Å². The van der Waals surface area contributed by atoms with Gasteiger partial charge < -0.3 is 13.9 Å². The zero-order valence-electron chi connectivity index (χ0n) is 14.5. The number of furan rings is 1. The molecule has 5 atom stereocenters. The lowest BCUT2D eigenvalue weighted by Crippen LogP contribution is -2.58. The van der Waals surface area contributed by atoms with Crippen LogP contribution in [0.1, 0.15) is 44.3 Å². The summed E-state index contributed by atoms with van der Waals surface area (Å²) in [5, 5.41) is 0. The molecule has 6 nitrogen and oxygen atoms in total.